The third-order valence-electron chi connectivity index (χ3n) is 6.87. The number of Topliss-reactive ketones (excluding diaryl/α,β-unsaturated/α-hetero) is 1. The van der Waals surface area contributed by atoms with Gasteiger partial charge < -0.3 is 15.5 Å². The van der Waals surface area contributed by atoms with Crippen LogP contribution in [0.5, 0.6) is 0 Å². The van der Waals surface area contributed by atoms with Crippen molar-refractivity contribution in [3.8, 4) is 11.1 Å². The van der Waals surface area contributed by atoms with Gasteiger partial charge in [-0.1, -0.05) is 18.2 Å². The summed E-state index contributed by atoms with van der Waals surface area (Å²) in [5.74, 6) is -0.144. The van der Waals surface area contributed by atoms with E-state index in [-0.39, 0.29) is 29.0 Å². The molecule has 6 nitrogen and oxygen atoms in total. The van der Waals surface area contributed by atoms with Gasteiger partial charge in [-0.3, -0.25) is 14.6 Å². The Kier molecular flexibility index (Phi) is 6.43. The van der Waals surface area contributed by atoms with Gasteiger partial charge in [0, 0.05) is 55.5 Å². The van der Waals surface area contributed by atoms with E-state index in [1.54, 1.807) is 18.2 Å². The summed E-state index contributed by atoms with van der Waals surface area (Å²) in [6.07, 6.45) is 1.24. The summed E-state index contributed by atoms with van der Waals surface area (Å²) in [5, 5.41) is 6.00. The highest BCUT2D eigenvalue weighted by atomic mass is 19.3. The first-order chi connectivity index (χ1) is 17.4. The Balaban J connectivity index is 1.60. The van der Waals surface area contributed by atoms with E-state index < -0.39 is 6.43 Å². The highest BCUT2D eigenvalue weighted by Crippen LogP contribution is 2.44. The van der Waals surface area contributed by atoms with Crippen molar-refractivity contribution in [1.82, 2.24) is 10.3 Å². The maximum atomic E-state index is 14.3. The number of alkyl halides is 2. The molecule has 2 aromatic carbocycles. The molecule has 0 unspecified atom stereocenters. The van der Waals surface area contributed by atoms with Gasteiger partial charge in [0.2, 0.25) is 0 Å². The van der Waals surface area contributed by atoms with Crippen molar-refractivity contribution in [2.45, 2.75) is 45.1 Å². The number of carbonyl (C=O) groups excluding carboxylic acids is 2. The summed E-state index contributed by atoms with van der Waals surface area (Å²) in [4.78, 5) is 30.4. The number of aryl methyl sites for hydroxylation is 1. The number of benzene rings is 2. The Labute approximate surface area is 208 Å². The zero-order chi connectivity index (χ0) is 25.4. The van der Waals surface area contributed by atoms with Gasteiger partial charge in [-0.05, 0) is 60.7 Å². The second-order valence-corrected chi connectivity index (χ2v) is 9.41. The molecular formula is C28H28F2N4O2. The third kappa shape index (κ3) is 4.43. The number of carbonyl (C=O) groups is 2. The molecule has 1 aromatic heterocycles. The number of aromatic nitrogens is 1. The summed E-state index contributed by atoms with van der Waals surface area (Å²) in [5.41, 5.74) is 5.59. The minimum atomic E-state index is -2.68. The maximum Gasteiger partial charge on any atom is 0.269 e. The molecule has 2 aliphatic heterocycles. The van der Waals surface area contributed by atoms with Crippen molar-refractivity contribution in [3.05, 3.63) is 71.0 Å². The predicted molar refractivity (Wildman–Crippen MR) is 136 cm³/mol. The fraction of sp³-hybridized carbons (Fsp3) is 0.321. The predicted octanol–water partition coefficient (Wildman–Crippen LogP) is 5.45. The molecule has 8 heteroatoms. The minimum Gasteiger partial charge on any atom is -0.380 e. The second kappa shape index (κ2) is 9.68. The van der Waals surface area contributed by atoms with Gasteiger partial charge in [0.15, 0.2) is 0 Å². The van der Waals surface area contributed by atoms with E-state index in [1.807, 2.05) is 31.2 Å². The number of hydrogen-bond donors (Lipinski definition) is 2. The number of anilines is 3. The van der Waals surface area contributed by atoms with Gasteiger partial charge >= 0.3 is 0 Å². The molecule has 186 valence electrons. The van der Waals surface area contributed by atoms with Crippen LogP contribution < -0.4 is 15.5 Å². The molecule has 1 amide bonds. The quantitative estimate of drug-likeness (QED) is 0.509. The number of nitrogens with zero attached hydrogens (tertiary/aromatic N) is 2. The van der Waals surface area contributed by atoms with Crippen molar-refractivity contribution in [1.29, 1.82) is 0 Å². The van der Waals surface area contributed by atoms with Crippen molar-refractivity contribution in [2.24, 2.45) is 0 Å². The molecule has 0 radical (unpaired) electrons. The summed E-state index contributed by atoms with van der Waals surface area (Å²) in [7, 11) is 1.52. The molecule has 0 aliphatic carbocycles. The molecule has 1 atom stereocenters. The van der Waals surface area contributed by atoms with Gasteiger partial charge in [-0.25, -0.2) is 8.78 Å². The molecule has 0 saturated carbocycles. The van der Waals surface area contributed by atoms with Crippen LogP contribution in [0.4, 0.5) is 25.8 Å². The summed E-state index contributed by atoms with van der Waals surface area (Å²) in [6, 6.07) is 12.5. The smallest absolute Gasteiger partial charge is 0.269 e. The van der Waals surface area contributed by atoms with Crippen LogP contribution in [-0.2, 0) is 17.6 Å². The van der Waals surface area contributed by atoms with Crippen LogP contribution in [0.2, 0.25) is 0 Å². The normalized spacial score (nSPS) is 17.2. The van der Waals surface area contributed by atoms with Crippen LogP contribution in [0.1, 0.15) is 53.4 Å². The monoisotopic (exact) mass is 490 g/mol. The fourth-order valence-corrected chi connectivity index (χ4v) is 5.19. The molecular weight excluding hydrogens is 462 g/mol. The standard InChI is InChI=1S/C28H28F2N4O2/c1-16-11-20(35)12-18-5-3-7-24(26(18)33-16)34-10-4-6-17-13-21(22(27(29)30)14-25(17)34)19-8-9-23(32-15-19)28(36)31-2/h3,5,7-9,13-16,27,33H,4,6,10-12H2,1-2H3,(H,31,36)/t16-/m1/s1. The lowest BCUT2D eigenvalue weighted by atomic mass is 9.92. The van der Waals surface area contributed by atoms with Crippen LogP contribution in [0.25, 0.3) is 11.1 Å². The average Bonchev–Trinajstić information content (AvgIpc) is 3.03. The fourth-order valence-electron chi connectivity index (χ4n) is 5.19. The molecule has 0 bridgehead atoms. The van der Waals surface area contributed by atoms with Crippen LogP contribution in [0, 0.1) is 0 Å². The van der Waals surface area contributed by atoms with Gasteiger partial charge in [0.05, 0.1) is 11.4 Å². The van der Waals surface area contributed by atoms with E-state index in [1.165, 1.54) is 13.2 Å². The van der Waals surface area contributed by atoms with Gasteiger partial charge in [-0.15, -0.1) is 0 Å². The number of halogens is 2. The third-order valence-corrected chi connectivity index (χ3v) is 6.87. The van der Waals surface area contributed by atoms with E-state index in [0.717, 1.165) is 41.0 Å². The first-order valence-electron chi connectivity index (χ1n) is 12.2. The van der Waals surface area contributed by atoms with Crippen LogP contribution in [0.3, 0.4) is 0 Å². The molecule has 0 spiro atoms. The average molecular weight is 491 g/mol. The number of pyridine rings is 1. The maximum absolute atomic E-state index is 14.3. The van der Waals surface area contributed by atoms with Crippen LogP contribution in [0.15, 0.2) is 48.7 Å². The number of para-hydroxylation sites is 1. The van der Waals surface area contributed by atoms with Gasteiger partial charge in [-0.2, -0.15) is 0 Å². The van der Waals surface area contributed by atoms with Crippen LogP contribution >= 0.6 is 0 Å². The molecule has 0 saturated heterocycles. The number of hydrogen-bond acceptors (Lipinski definition) is 5. The van der Waals surface area contributed by atoms with E-state index in [4.69, 9.17) is 0 Å². The zero-order valence-electron chi connectivity index (χ0n) is 20.3. The van der Waals surface area contributed by atoms with Crippen molar-refractivity contribution >= 4 is 28.8 Å². The van der Waals surface area contributed by atoms with Crippen molar-refractivity contribution in [3.63, 3.8) is 0 Å². The van der Waals surface area contributed by atoms with Gasteiger partial charge in [0.25, 0.3) is 12.3 Å². The first kappa shape index (κ1) is 23.9. The van der Waals surface area contributed by atoms with E-state index >= 15 is 0 Å². The van der Waals surface area contributed by atoms with E-state index in [9.17, 15) is 18.4 Å². The largest absolute Gasteiger partial charge is 0.380 e. The van der Waals surface area contributed by atoms with Crippen molar-refractivity contribution in [2.75, 3.05) is 23.8 Å². The number of ketones is 1. The SMILES string of the molecule is CNC(=O)c1ccc(-c2cc3c(cc2C(F)F)N(c2cccc4c2N[C@H](C)CC(=O)C4)CCC3)cn1. The minimum absolute atomic E-state index is 0.00609. The summed E-state index contributed by atoms with van der Waals surface area (Å²) in [6.45, 7) is 2.68. The molecule has 36 heavy (non-hydrogen) atoms. The number of rotatable bonds is 4. The zero-order valence-corrected chi connectivity index (χ0v) is 20.3. The molecule has 5 rings (SSSR count). The highest BCUT2D eigenvalue weighted by molar-refractivity contribution is 5.92. The topological polar surface area (TPSA) is 74.3 Å². The Morgan fingerprint density at radius 2 is 2.00 bits per heavy atom. The number of amides is 1. The summed E-state index contributed by atoms with van der Waals surface area (Å²) >= 11 is 0. The lowest BCUT2D eigenvalue weighted by molar-refractivity contribution is -0.118. The lowest BCUT2D eigenvalue weighted by Gasteiger charge is -2.34. The Morgan fingerprint density at radius 3 is 2.72 bits per heavy atom. The number of fused-ring (bicyclic) bond motifs is 2. The molecule has 3 heterocycles. The Morgan fingerprint density at radius 1 is 1.17 bits per heavy atom. The summed E-state index contributed by atoms with van der Waals surface area (Å²) < 4.78 is 28.7. The molecule has 2 aliphatic rings. The van der Waals surface area contributed by atoms with Gasteiger partial charge in [0.1, 0.15) is 11.5 Å². The first-order valence-corrected chi connectivity index (χ1v) is 12.2. The Hall–Kier alpha value is -3.81. The molecule has 2 N–H and O–H groups in total. The molecule has 3 aromatic rings. The van der Waals surface area contributed by atoms with E-state index in [2.05, 4.69) is 20.5 Å². The highest BCUT2D eigenvalue weighted by Gasteiger charge is 2.28. The second-order valence-electron chi connectivity index (χ2n) is 9.41. The Bertz CT molecular complexity index is 1320. The van der Waals surface area contributed by atoms with Crippen LogP contribution in [-0.4, -0.2) is 36.3 Å². The lowest BCUT2D eigenvalue weighted by Crippen LogP contribution is -2.27. The molecule has 0 fully saturated rings. The van der Waals surface area contributed by atoms with E-state index in [0.29, 0.717) is 30.5 Å². The number of nitrogens with one attached hydrogen (secondary N) is 2. The van der Waals surface area contributed by atoms with Crippen molar-refractivity contribution < 1.29 is 18.4 Å².